The lowest BCUT2D eigenvalue weighted by Crippen LogP contribution is -2.42. The molecular formula is C26H24N2O5. The summed E-state index contributed by atoms with van der Waals surface area (Å²) in [6, 6.07) is 14.3. The Morgan fingerprint density at radius 2 is 1.85 bits per heavy atom. The predicted octanol–water partition coefficient (Wildman–Crippen LogP) is 4.23. The number of rotatable bonds is 4. The maximum absolute atomic E-state index is 13.4. The van der Waals surface area contributed by atoms with Crippen molar-refractivity contribution < 1.29 is 18.7 Å². The van der Waals surface area contributed by atoms with Crippen LogP contribution in [0.5, 0.6) is 11.5 Å². The fourth-order valence-corrected chi connectivity index (χ4v) is 4.58. The van der Waals surface area contributed by atoms with E-state index in [9.17, 15) is 9.59 Å². The molecular weight excluding hydrogens is 420 g/mol. The molecule has 2 aromatic heterocycles. The molecule has 1 N–H and O–H groups in total. The van der Waals surface area contributed by atoms with E-state index < -0.39 is 6.04 Å². The van der Waals surface area contributed by atoms with Crippen LogP contribution in [0.3, 0.4) is 0 Å². The van der Waals surface area contributed by atoms with Crippen LogP contribution in [0.2, 0.25) is 0 Å². The van der Waals surface area contributed by atoms with E-state index >= 15 is 0 Å². The topological polar surface area (TPSA) is 84.8 Å². The Labute approximate surface area is 190 Å². The van der Waals surface area contributed by atoms with Crippen LogP contribution in [0.15, 0.2) is 64.0 Å². The molecule has 0 unspecified atom stereocenters. The average Bonchev–Trinajstić information content (AvgIpc) is 3.36. The number of fused-ring (bicyclic) bond motifs is 2. The minimum Gasteiger partial charge on any atom is -0.493 e. The van der Waals surface area contributed by atoms with Gasteiger partial charge in [0.25, 0.3) is 11.5 Å². The van der Waals surface area contributed by atoms with Crippen molar-refractivity contribution in [3.05, 3.63) is 93.2 Å². The first-order valence-electron chi connectivity index (χ1n) is 10.7. The van der Waals surface area contributed by atoms with E-state index in [0.29, 0.717) is 30.0 Å². The second-order valence-electron chi connectivity index (χ2n) is 8.18. The van der Waals surface area contributed by atoms with Crippen molar-refractivity contribution in [3.63, 3.8) is 0 Å². The highest BCUT2D eigenvalue weighted by Crippen LogP contribution is 2.41. The van der Waals surface area contributed by atoms with E-state index in [0.717, 1.165) is 27.6 Å². The van der Waals surface area contributed by atoms with E-state index in [4.69, 9.17) is 13.9 Å². The number of benzene rings is 2. The number of aryl methyl sites for hydroxylation is 1. The van der Waals surface area contributed by atoms with Crippen molar-refractivity contribution in [2.75, 3.05) is 20.8 Å². The Morgan fingerprint density at radius 3 is 2.58 bits per heavy atom. The van der Waals surface area contributed by atoms with Gasteiger partial charge in [-0.15, -0.1) is 0 Å². The Kier molecular flexibility index (Phi) is 5.17. The maximum atomic E-state index is 13.4. The fraction of sp³-hybridized carbons (Fsp3) is 0.231. The SMILES string of the molecule is COc1cc2c(cc1OC)[C@@H](c1cc3ccc(C)cc3[nH]c1=O)N(C(=O)c1ccco1)CC2. The summed E-state index contributed by atoms with van der Waals surface area (Å²) >= 11 is 0. The van der Waals surface area contributed by atoms with Crippen LogP contribution >= 0.6 is 0 Å². The maximum Gasteiger partial charge on any atom is 0.290 e. The Morgan fingerprint density at radius 1 is 1.06 bits per heavy atom. The fourth-order valence-electron chi connectivity index (χ4n) is 4.58. The smallest absolute Gasteiger partial charge is 0.290 e. The average molecular weight is 444 g/mol. The molecule has 1 atom stereocenters. The van der Waals surface area contributed by atoms with Crippen molar-refractivity contribution in [1.29, 1.82) is 0 Å². The van der Waals surface area contributed by atoms with E-state index in [1.807, 2.05) is 43.3 Å². The molecule has 5 rings (SSSR count). The molecule has 168 valence electrons. The number of furan rings is 1. The molecule has 0 bridgehead atoms. The minimum atomic E-state index is -0.611. The number of ether oxygens (including phenoxy) is 2. The third-order valence-corrected chi connectivity index (χ3v) is 6.19. The molecule has 1 aliphatic heterocycles. The second-order valence-corrected chi connectivity index (χ2v) is 8.18. The number of amides is 1. The van der Waals surface area contributed by atoms with Crippen molar-refractivity contribution in [1.82, 2.24) is 9.88 Å². The van der Waals surface area contributed by atoms with Crippen LogP contribution in [-0.2, 0) is 6.42 Å². The van der Waals surface area contributed by atoms with Crippen molar-refractivity contribution in [2.24, 2.45) is 0 Å². The van der Waals surface area contributed by atoms with Gasteiger partial charge in [0.2, 0.25) is 0 Å². The van der Waals surface area contributed by atoms with E-state index in [1.165, 1.54) is 6.26 Å². The summed E-state index contributed by atoms with van der Waals surface area (Å²) in [4.78, 5) is 31.4. The van der Waals surface area contributed by atoms with Crippen LogP contribution in [-0.4, -0.2) is 36.6 Å². The van der Waals surface area contributed by atoms with E-state index in [2.05, 4.69) is 4.98 Å². The zero-order valence-corrected chi connectivity index (χ0v) is 18.7. The third kappa shape index (κ3) is 3.55. The molecule has 33 heavy (non-hydrogen) atoms. The van der Waals surface area contributed by atoms with Gasteiger partial charge in [-0.05, 0) is 71.8 Å². The molecule has 0 aliphatic carbocycles. The van der Waals surface area contributed by atoms with Gasteiger partial charge < -0.3 is 23.8 Å². The first-order valence-corrected chi connectivity index (χ1v) is 10.7. The number of aromatic nitrogens is 1. The molecule has 1 aliphatic rings. The number of aromatic amines is 1. The molecule has 1 amide bonds. The monoisotopic (exact) mass is 444 g/mol. The summed E-state index contributed by atoms with van der Waals surface area (Å²) < 4.78 is 16.4. The van der Waals surface area contributed by atoms with Gasteiger partial charge in [-0.3, -0.25) is 9.59 Å². The van der Waals surface area contributed by atoms with Gasteiger partial charge in [0, 0.05) is 17.6 Å². The predicted molar refractivity (Wildman–Crippen MR) is 124 cm³/mol. The number of carbonyl (C=O) groups excluding carboxylic acids is 1. The number of hydrogen-bond donors (Lipinski definition) is 1. The second kappa shape index (κ2) is 8.16. The van der Waals surface area contributed by atoms with E-state index in [-0.39, 0.29) is 17.2 Å². The lowest BCUT2D eigenvalue weighted by atomic mass is 9.87. The number of methoxy groups -OCH3 is 2. The molecule has 0 spiro atoms. The first-order chi connectivity index (χ1) is 16.0. The molecule has 0 fully saturated rings. The molecule has 4 aromatic rings. The van der Waals surface area contributed by atoms with Gasteiger partial charge in [-0.1, -0.05) is 12.1 Å². The van der Waals surface area contributed by atoms with Crippen molar-refractivity contribution >= 4 is 16.8 Å². The molecule has 7 nitrogen and oxygen atoms in total. The van der Waals surface area contributed by atoms with Crippen LogP contribution < -0.4 is 15.0 Å². The Balaban J connectivity index is 1.74. The zero-order chi connectivity index (χ0) is 23.1. The van der Waals surface area contributed by atoms with Gasteiger partial charge in [0.1, 0.15) is 0 Å². The lowest BCUT2D eigenvalue weighted by molar-refractivity contribution is 0.0660. The summed E-state index contributed by atoms with van der Waals surface area (Å²) in [6.07, 6.45) is 2.09. The van der Waals surface area contributed by atoms with Gasteiger partial charge in [0.15, 0.2) is 17.3 Å². The van der Waals surface area contributed by atoms with Crippen LogP contribution in [0.25, 0.3) is 10.9 Å². The molecule has 0 saturated carbocycles. The molecule has 7 heteroatoms. The number of carbonyl (C=O) groups is 1. The highest BCUT2D eigenvalue weighted by Gasteiger charge is 2.36. The number of pyridine rings is 1. The largest absolute Gasteiger partial charge is 0.493 e. The molecule has 0 saturated heterocycles. The highest BCUT2D eigenvalue weighted by atomic mass is 16.5. The third-order valence-electron chi connectivity index (χ3n) is 6.19. The van der Waals surface area contributed by atoms with Crippen LogP contribution in [0.4, 0.5) is 0 Å². The summed E-state index contributed by atoms with van der Waals surface area (Å²) in [5, 5.41) is 0.896. The van der Waals surface area contributed by atoms with Crippen molar-refractivity contribution in [3.8, 4) is 11.5 Å². The summed E-state index contributed by atoms with van der Waals surface area (Å²) in [5.41, 5.74) is 3.90. The lowest BCUT2D eigenvalue weighted by Gasteiger charge is -2.37. The summed E-state index contributed by atoms with van der Waals surface area (Å²) in [5.74, 6) is 1.12. The van der Waals surface area contributed by atoms with Gasteiger partial charge in [0.05, 0.1) is 26.5 Å². The number of nitrogens with zero attached hydrogens (tertiary/aromatic N) is 1. The summed E-state index contributed by atoms with van der Waals surface area (Å²) in [6.45, 7) is 2.41. The number of nitrogens with one attached hydrogen (secondary N) is 1. The quantitative estimate of drug-likeness (QED) is 0.509. The minimum absolute atomic E-state index is 0.233. The van der Waals surface area contributed by atoms with Crippen LogP contribution in [0, 0.1) is 6.92 Å². The van der Waals surface area contributed by atoms with Gasteiger partial charge >= 0.3 is 0 Å². The Bertz CT molecular complexity index is 1400. The first kappa shape index (κ1) is 20.9. The van der Waals surface area contributed by atoms with E-state index in [1.54, 1.807) is 31.3 Å². The van der Waals surface area contributed by atoms with Gasteiger partial charge in [-0.2, -0.15) is 0 Å². The zero-order valence-electron chi connectivity index (χ0n) is 18.7. The summed E-state index contributed by atoms with van der Waals surface area (Å²) in [7, 11) is 3.16. The van der Waals surface area contributed by atoms with Gasteiger partial charge in [-0.25, -0.2) is 0 Å². The van der Waals surface area contributed by atoms with Crippen molar-refractivity contribution in [2.45, 2.75) is 19.4 Å². The van der Waals surface area contributed by atoms with Crippen LogP contribution in [0.1, 0.15) is 38.9 Å². The normalized spacial score (nSPS) is 15.4. The molecule has 2 aromatic carbocycles. The standard InChI is InChI=1S/C26H24N2O5/c1-15-6-7-17-12-19(25(29)27-20(17)11-15)24-18-14-23(32-3)22(31-2)13-16(18)8-9-28(24)26(30)21-5-4-10-33-21/h4-7,10-14,24H,8-9H2,1-3H3,(H,27,29)/t24-/m0/s1. The molecule has 3 heterocycles. The Hall–Kier alpha value is -4.00. The highest BCUT2D eigenvalue weighted by molar-refractivity contribution is 5.92. The number of H-pyrrole nitrogens is 1. The number of hydrogen-bond acceptors (Lipinski definition) is 5. The molecule has 0 radical (unpaired) electrons.